The quantitative estimate of drug-likeness (QED) is 0.298. The van der Waals surface area contributed by atoms with Crippen LogP contribution in [-0.4, -0.2) is 53.9 Å². The first-order valence-electron chi connectivity index (χ1n) is 12.2. The molecule has 0 saturated carbocycles. The molecule has 3 heterocycles. The minimum absolute atomic E-state index is 0.228. The molecule has 2 aromatic carbocycles. The summed E-state index contributed by atoms with van der Waals surface area (Å²) in [6.45, 7) is 0.855. The Morgan fingerprint density at radius 1 is 0.974 bits per heavy atom. The van der Waals surface area contributed by atoms with Crippen LogP contribution in [0.5, 0.6) is 11.6 Å². The molecule has 8 heteroatoms. The topological polar surface area (TPSA) is 108 Å². The van der Waals surface area contributed by atoms with E-state index in [0.717, 1.165) is 16.7 Å². The van der Waals surface area contributed by atoms with Crippen LogP contribution in [0.4, 0.5) is 0 Å². The molecule has 0 bridgehead atoms. The van der Waals surface area contributed by atoms with Crippen molar-refractivity contribution in [1.29, 1.82) is 5.26 Å². The van der Waals surface area contributed by atoms with Gasteiger partial charge < -0.3 is 19.4 Å². The van der Waals surface area contributed by atoms with Crippen molar-refractivity contribution < 1.29 is 19.1 Å². The highest BCUT2D eigenvalue weighted by Gasteiger charge is 2.30. The maximum Gasteiger partial charge on any atom is 0.295 e. The number of likely N-dealkylation sites (tertiary alicyclic amines) is 1. The van der Waals surface area contributed by atoms with Gasteiger partial charge in [-0.15, -0.1) is 0 Å². The number of methoxy groups -OCH3 is 2. The largest absolute Gasteiger partial charge is 0.494 e. The van der Waals surface area contributed by atoms with Crippen molar-refractivity contribution in [2.24, 2.45) is 0 Å². The van der Waals surface area contributed by atoms with E-state index in [9.17, 15) is 14.9 Å². The average Bonchev–Trinajstić information content (AvgIpc) is 3.43. The summed E-state index contributed by atoms with van der Waals surface area (Å²) in [5.74, 6) is -0.457. The zero-order valence-corrected chi connectivity index (χ0v) is 21.2. The number of hydrogen-bond acceptors (Lipinski definition) is 6. The lowest BCUT2D eigenvalue weighted by molar-refractivity contribution is -0.126. The molecule has 1 aliphatic heterocycles. The number of nitriles is 1. The summed E-state index contributed by atoms with van der Waals surface area (Å²) in [5.41, 5.74) is 5.75. The predicted octanol–water partition coefficient (Wildman–Crippen LogP) is 4.76. The first kappa shape index (κ1) is 24.8. The van der Waals surface area contributed by atoms with Crippen molar-refractivity contribution in [3.8, 4) is 17.7 Å². The number of hydrogen-bond donors (Lipinski definition) is 1. The number of benzene rings is 2. The van der Waals surface area contributed by atoms with Gasteiger partial charge in [0.1, 0.15) is 11.3 Å². The van der Waals surface area contributed by atoms with E-state index in [-0.39, 0.29) is 5.56 Å². The summed E-state index contributed by atoms with van der Waals surface area (Å²) in [6.07, 6.45) is 4.25. The number of ketones is 1. The number of piperidine rings is 1. The number of nitrogens with zero attached hydrogens (tertiary/aromatic N) is 3. The molecule has 1 N–H and O–H groups in total. The number of ether oxygens (including phenoxy) is 2. The van der Waals surface area contributed by atoms with Gasteiger partial charge in [-0.25, -0.2) is 4.98 Å². The SMILES string of the molecule is COc1ncc(OC)c2c(C(=O)C(=O)N3CCC(=C(c4ccccc4)c4ccc(C#N)cc4)CC3)c[nH]c12. The normalized spacial score (nSPS) is 13.2. The molecule has 38 heavy (non-hydrogen) atoms. The summed E-state index contributed by atoms with van der Waals surface area (Å²) in [6, 6.07) is 19.8. The molecule has 0 unspecified atom stereocenters. The Morgan fingerprint density at radius 2 is 1.66 bits per heavy atom. The predicted molar refractivity (Wildman–Crippen MR) is 143 cm³/mol. The molecule has 8 nitrogen and oxygen atoms in total. The number of rotatable bonds is 6. The van der Waals surface area contributed by atoms with Crippen molar-refractivity contribution >= 4 is 28.2 Å². The molecule has 1 aliphatic rings. The number of aromatic nitrogens is 2. The van der Waals surface area contributed by atoms with Crippen molar-refractivity contribution in [3.63, 3.8) is 0 Å². The van der Waals surface area contributed by atoms with E-state index in [0.29, 0.717) is 54.0 Å². The molecule has 2 aromatic heterocycles. The second kappa shape index (κ2) is 10.6. The zero-order valence-electron chi connectivity index (χ0n) is 21.2. The van der Waals surface area contributed by atoms with Gasteiger partial charge in [0, 0.05) is 19.3 Å². The van der Waals surface area contributed by atoms with E-state index in [1.807, 2.05) is 42.5 Å². The first-order valence-corrected chi connectivity index (χ1v) is 12.2. The van der Waals surface area contributed by atoms with E-state index in [1.54, 1.807) is 4.90 Å². The third-order valence-electron chi connectivity index (χ3n) is 6.86. The molecule has 1 saturated heterocycles. The minimum atomic E-state index is -0.606. The average molecular weight is 507 g/mol. The second-order valence-corrected chi connectivity index (χ2v) is 8.94. The maximum absolute atomic E-state index is 13.3. The highest BCUT2D eigenvalue weighted by Crippen LogP contribution is 2.35. The fourth-order valence-electron chi connectivity index (χ4n) is 4.96. The van der Waals surface area contributed by atoms with Gasteiger partial charge in [0.15, 0.2) is 0 Å². The Balaban J connectivity index is 1.41. The Kier molecular flexibility index (Phi) is 6.92. The Bertz CT molecular complexity index is 1570. The van der Waals surface area contributed by atoms with Crippen molar-refractivity contribution in [3.05, 3.63) is 94.8 Å². The number of nitrogens with one attached hydrogen (secondary N) is 1. The number of Topliss-reactive ketones (excluding diaryl/α,β-unsaturated/α-hetero) is 1. The number of amides is 1. The van der Waals surface area contributed by atoms with Gasteiger partial charge in [-0.2, -0.15) is 5.26 Å². The summed E-state index contributed by atoms with van der Waals surface area (Å²) < 4.78 is 10.7. The van der Waals surface area contributed by atoms with Crippen LogP contribution in [0.1, 0.15) is 39.9 Å². The van der Waals surface area contributed by atoms with Crippen LogP contribution in [0.15, 0.2) is 72.6 Å². The zero-order chi connectivity index (χ0) is 26.6. The fourth-order valence-corrected chi connectivity index (χ4v) is 4.96. The lowest BCUT2D eigenvalue weighted by atomic mass is 9.88. The minimum Gasteiger partial charge on any atom is -0.494 e. The molecule has 0 radical (unpaired) electrons. The summed E-state index contributed by atoms with van der Waals surface area (Å²) in [5, 5.41) is 9.67. The molecule has 0 spiro atoms. The van der Waals surface area contributed by atoms with Crippen LogP contribution in [-0.2, 0) is 4.79 Å². The third-order valence-corrected chi connectivity index (χ3v) is 6.86. The fraction of sp³-hybridized carbons (Fsp3) is 0.200. The van der Waals surface area contributed by atoms with Crippen LogP contribution in [0.25, 0.3) is 16.5 Å². The van der Waals surface area contributed by atoms with Crippen LogP contribution in [0.2, 0.25) is 0 Å². The number of carbonyl (C=O) groups excluding carboxylic acids is 2. The number of H-pyrrole nitrogens is 1. The molecule has 5 rings (SSSR count). The van der Waals surface area contributed by atoms with Crippen LogP contribution < -0.4 is 9.47 Å². The van der Waals surface area contributed by atoms with Gasteiger partial charge in [-0.3, -0.25) is 9.59 Å². The van der Waals surface area contributed by atoms with E-state index in [4.69, 9.17) is 9.47 Å². The lowest BCUT2D eigenvalue weighted by Gasteiger charge is -2.30. The van der Waals surface area contributed by atoms with Crippen LogP contribution in [0.3, 0.4) is 0 Å². The van der Waals surface area contributed by atoms with E-state index >= 15 is 0 Å². The van der Waals surface area contributed by atoms with Crippen molar-refractivity contribution in [1.82, 2.24) is 14.9 Å². The Morgan fingerprint density at radius 3 is 2.29 bits per heavy atom. The van der Waals surface area contributed by atoms with Crippen LogP contribution >= 0.6 is 0 Å². The summed E-state index contributed by atoms with van der Waals surface area (Å²) in [7, 11) is 2.98. The number of fused-ring (bicyclic) bond motifs is 1. The number of pyridine rings is 1. The van der Waals surface area contributed by atoms with Gasteiger partial charge in [0.05, 0.1) is 43.0 Å². The molecular formula is C30H26N4O4. The Labute approximate surface area is 220 Å². The maximum atomic E-state index is 13.3. The van der Waals surface area contributed by atoms with E-state index in [1.165, 1.54) is 32.2 Å². The highest BCUT2D eigenvalue weighted by atomic mass is 16.5. The number of carbonyl (C=O) groups is 2. The van der Waals surface area contributed by atoms with Gasteiger partial charge >= 0.3 is 0 Å². The second-order valence-electron chi connectivity index (χ2n) is 8.94. The smallest absolute Gasteiger partial charge is 0.295 e. The monoisotopic (exact) mass is 506 g/mol. The highest BCUT2D eigenvalue weighted by molar-refractivity contribution is 6.45. The molecule has 1 fully saturated rings. The van der Waals surface area contributed by atoms with E-state index < -0.39 is 11.7 Å². The van der Waals surface area contributed by atoms with Crippen LogP contribution in [0, 0.1) is 11.3 Å². The number of aromatic amines is 1. The summed E-state index contributed by atoms with van der Waals surface area (Å²) >= 11 is 0. The van der Waals surface area contributed by atoms with E-state index in [2.05, 4.69) is 28.2 Å². The lowest BCUT2D eigenvalue weighted by Crippen LogP contribution is -2.40. The standard InChI is InChI=1S/C30H26N4O4/c1-37-24-18-33-29(38-2)27-26(24)23(17-32-27)28(35)30(36)34-14-12-22(13-15-34)25(20-6-4-3-5-7-20)21-10-8-19(16-31)9-11-21/h3-11,17-18,32H,12-15H2,1-2H3. The third kappa shape index (κ3) is 4.50. The van der Waals surface area contributed by atoms with Crippen molar-refractivity contribution in [2.75, 3.05) is 27.3 Å². The molecule has 0 atom stereocenters. The van der Waals surface area contributed by atoms with Gasteiger partial charge in [0.25, 0.3) is 11.7 Å². The van der Waals surface area contributed by atoms with Crippen molar-refractivity contribution in [2.45, 2.75) is 12.8 Å². The molecule has 190 valence electrons. The van der Waals surface area contributed by atoms with Gasteiger partial charge in [0.2, 0.25) is 5.88 Å². The molecule has 1 amide bonds. The summed E-state index contributed by atoms with van der Waals surface area (Å²) in [4.78, 5) is 35.4. The van der Waals surface area contributed by atoms with Gasteiger partial charge in [-0.05, 0) is 41.7 Å². The first-order chi connectivity index (χ1) is 18.5. The Hall–Kier alpha value is -4.90. The molecular weight excluding hydrogens is 480 g/mol. The molecule has 4 aromatic rings. The van der Waals surface area contributed by atoms with Gasteiger partial charge in [-0.1, -0.05) is 48.0 Å². The molecule has 0 aliphatic carbocycles.